The Bertz CT molecular complexity index is 338. The van der Waals surface area contributed by atoms with Crippen LogP contribution in [0.1, 0.15) is 38.2 Å². The number of unbranched alkanes of at least 4 members (excludes halogenated alkanes) is 1. The van der Waals surface area contributed by atoms with Crippen LogP contribution < -0.4 is 5.32 Å². The van der Waals surface area contributed by atoms with E-state index in [-0.39, 0.29) is 5.97 Å². The molecule has 0 fully saturated rings. The van der Waals surface area contributed by atoms with E-state index in [1.54, 1.807) is 0 Å². The standard InChI is InChI=1S/C16H25NO2/c1-2-19-16(18)12-8-14-17-13-7-6-11-15-9-4-3-5-10-15/h3-5,9-10,17H,2,6-8,11-14H2,1H3. The number of aryl methyl sites for hydroxylation is 1. The van der Waals surface area contributed by atoms with Crippen molar-refractivity contribution in [3.05, 3.63) is 35.9 Å². The van der Waals surface area contributed by atoms with Crippen LogP contribution in [0.2, 0.25) is 0 Å². The molecule has 0 bridgehead atoms. The number of ether oxygens (including phenoxy) is 1. The average molecular weight is 263 g/mol. The summed E-state index contributed by atoms with van der Waals surface area (Å²) >= 11 is 0. The molecule has 1 aromatic carbocycles. The first-order valence-electron chi connectivity index (χ1n) is 7.23. The Kier molecular flexibility index (Phi) is 8.73. The van der Waals surface area contributed by atoms with Crippen LogP contribution in [0.3, 0.4) is 0 Å². The van der Waals surface area contributed by atoms with Gasteiger partial charge in [0.15, 0.2) is 0 Å². The highest BCUT2D eigenvalue weighted by atomic mass is 16.5. The Morgan fingerprint density at radius 2 is 1.84 bits per heavy atom. The summed E-state index contributed by atoms with van der Waals surface area (Å²) in [5, 5.41) is 3.36. The number of benzene rings is 1. The third-order valence-electron chi connectivity index (χ3n) is 2.95. The molecule has 0 saturated heterocycles. The molecule has 0 spiro atoms. The molecule has 0 aromatic heterocycles. The maximum atomic E-state index is 11.1. The van der Waals surface area contributed by atoms with Crippen LogP contribution in [0, 0.1) is 0 Å². The number of nitrogens with one attached hydrogen (secondary N) is 1. The predicted octanol–water partition coefficient (Wildman–Crippen LogP) is 2.94. The van der Waals surface area contributed by atoms with E-state index in [9.17, 15) is 4.79 Å². The van der Waals surface area contributed by atoms with E-state index in [4.69, 9.17) is 4.74 Å². The lowest BCUT2D eigenvalue weighted by Crippen LogP contribution is -2.18. The van der Waals surface area contributed by atoms with Crippen molar-refractivity contribution in [2.75, 3.05) is 19.7 Å². The molecular weight excluding hydrogens is 238 g/mol. The largest absolute Gasteiger partial charge is 0.466 e. The van der Waals surface area contributed by atoms with Crippen LogP contribution in [0.15, 0.2) is 30.3 Å². The lowest BCUT2D eigenvalue weighted by molar-refractivity contribution is -0.143. The topological polar surface area (TPSA) is 38.3 Å². The van der Waals surface area contributed by atoms with Crippen molar-refractivity contribution >= 4 is 5.97 Å². The summed E-state index contributed by atoms with van der Waals surface area (Å²) in [5.41, 5.74) is 1.41. The second-order valence-corrected chi connectivity index (χ2v) is 4.60. The van der Waals surface area contributed by atoms with Gasteiger partial charge in [0.1, 0.15) is 0 Å². The first-order chi connectivity index (χ1) is 9.33. The fourth-order valence-corrected chi connectivity index (χ4v) is 1.94. The Hall–Kier alpha value is -1.35. The highest BCUT2D eigenvalue weighted by Crippen LogP contribution is 2.03. The van der Waals surface area contributed by atoms with Crippen LogP contribution in [0.5, 0.6) is 0 Å². The van der Waals surface area contributed by atoms with Gasteiger partial charge in [-0.05, 0) is 51.3 Å². The maximum Gasteiger partial charge on any atom is 0.305 e. The van der Waals surface area contributed by atoms with E-state index in [1.165, 1.54) is 18.4 Å². The van der Waals surface area contributed by atoms with E-state index in [2.05, 4.69) is 35.6 Å². The van der Waals surface area contributed by atoms with Crippen LogP contribution >= 0.6 is 0 Å². The summed E-state index contributed by atoms with van der Waals surface area (Å²) in [7, 11) is 0. The van der Waals surface area contributed by atoms with Gasteiger partial charge in [-0.25, -0.2) is 0 Å². The molecule has 3 nitrogen and oxygen atoms in total. The van der Waals surface area contributed by atoms with Gasteiger partial charge in [-0.1, -0.05) is 30.3 Å². The van der Waals surface area contributed by atoms with Crippen molar-refractivity contribution in [1.29, 1.82) is 0 Å². The van der Waals surface area contributed by atoms with Gasteiger partial charge >= 0.3 is 5.97 Å². The highest BCUT2D eigenvalue weighted by molar-refractivity contribution is 5.69. The van der Waals surface area contributed by atoms with E-state index in [1.807, 2.05) is 6.92 Å². The molecule has 0 aliphatic rings. The zero-order valence-electron chi connectivity index (χ0n) is 11.9. The molecule has 0 atom stereocenters. The summed E-state index contributed by atoms with van der Waals surface area (Å²) in [6.07, 6.45) is 4.90. The van der Waals surface area contributed by atoms with Crippen LogP contribution in [0.25, 0.3) is 0 Å². The van der Waals surface area contributed by atoms with E-state index in [0.29, 0.717) is 13.0 Å². The van der Waals surface area contributed by atoms with Crippen molar-refractivity contribution in [3.8, 4) is 0 Å². The van der Waals surface area contributed by atoms with Crippen molar-refractivity contribution in [2.45, 2.75) is 39.0 Å². The Labute approximate surface area is 116 Å². The van der Waals surface area contributed by atoms with E-state index < -0.39 is 0 Å². The molecule has 0 amide bonds. The van der Waals surface area contributed by atoms with Crippen LogP contribution in [-0.4, -0.2) is 25.7 Å². The number of carbonyl (C=O) groups is 1. The molecule has 106 valence electrons. The zero-order valence-corrected chi connectivity index (χ0v) is 11.9. The van der Waals surface area contributed by atoms with Crippen molar-refractivity contribution < 1.29 is 9.53 Å². The minimum atomic E-state index is -0.0895. The summed E-state index contributed by atoms with van der Waals surface area (Å²) in [6, 6.07) is 10.6. The van der Waals surface area contributed by atoms with Crippen molar-refractivity contribution in [2.24, 2.45) is 0 Å². The van der Waals surface area contributed by atoms with Gasteiger partial charge in [-0.3, -0.25) is 4.79 Å². The molecular formula is C16H25NO2. The number of rotatable bonds is 10. The van der Waals surface area contributed by atoms with Gasteiger partial charge in [0.05, 0.1) is 6.61 Å². The van der Waals surface area contributed by atoms with E-state index in [0.717, 1.165) is 25.9 Å². The lowest BCUT2D eigenvalue weighted by atomic mass is 10.1. The fourth-order valence-electron chi connectivity index (χ4n) is 1.94. The molecule has 19 heavy (non-hydrogen) atoms. The van der Waals surface area contributed by atoms with Gasteiger partial charge < -0.3 is 10.1 Å². The van der Waals surface area contributed by atoms with Gasteiger partial charge in [0, 0.05) is 6.42 Å². The van der Waals surface area contributed by atoms with Crippen LogP contribution in [0.4, 0.5) is 0 Å². The molecule has 3 heteroatoms. The van der Waals surface area contributed by atoms with Gasteiger partial charge in [-0.2, -0.15) is 0 Å². The minimum absolute atomic E-state index is 0.0895. The first kappa shape index (κ1) is 15.7. The predicted molar refractivity (Wildman–Crippen MR) is 78.1 cm³/mol. The maximum absolute atomic E-state index is 11.1. The number of carbonyl (C=O) groups excluding carboxylic acids is 1. The second-order valence-electron chi connectivity index (χ2n) is 4.60. The monoisotopic (exact) mass is 263 g/mol. The third-order valence-corrected chi connectivity index (χ3v) is 2.95. The molecule has 1 rings (SSSR count). The number of esters is 1. The molecule has 0 unspecified atom stereocenters. The first-order valence-corrected chi connectivity index (χ1v) is 7.23. The van der Waals surface area contributed by atoms with E-state index >= 15 is 0 Å². The Morgan fingerprint density at radius 3 is 2.58 bits per heavy atom. The Morgan fingerprint density at radius 1 is 1.11 bits per heavy atom. The normalized spacial score (nSPS) is 10.4. The minimum Gasteiger partial charge on any atom is -0.466 e. The molecule has 1 N–H and O–H groups in total. The summed E-state index contributed by atoms with van der Waals surface area (Å²) in [5.74, 6) is -0.0895. The molecule has 1 aromatic rings. The quantitative estimate of drug-likeness (QED) is 0.521. The lowest BCUT2D eigenvalue weighted by Gasteiger charge is -2.05. The SMILES string of the molecule is CCOC(=O)CCCNCCCCc1ccccc1. The molecule has 0 aliphatic heterocycles. The summed E-state index contributed by atoms with van der Waals surface area (Å²) < 4.78 is 4.87. The smallest absolute Gasteiger partial charge is 0.305 e. The third kappa shape index (κ3) is 8.38. The van der Waals surface area contributed by atoms with Crippen LogP contribution in [-0.2, 0) is 16.0 Å². The zero-order chi connectivity index (χ0) is 13.8. The number of hydrogen-bond donors (Lipinski definition) is 1. The molecule has 0 aliphatic carbocycles. The van der Waals surface area contributed by atoms with Gasteiger partial charge in [-0.15, -0.1) is 0 Å². The molecule has 0 saturated carbocycles. The summed E-state index contributed by atoms with van der Waals surface area (Å²) in [6.45, 7) is 4.23. The van der Waals surface area contributed by atoms with Gasteiger partial charge in [0.2, 0.25) is 0 Å². The molecule has 0 radical (unpaired) electrons. The highest BCUT2D eigenvalue weighted by Gasteiger charge is 2.00. The fraction of sp³-hybridized carbons (Fsp3) is 0.562. The molecule has 0 heterocycles. The van der Waals surface area contributed by atoms with Crippen molar-refractivity contribution in [3.63, 3.8) is 0 Å². The van der Waals surface area contributed by atoms with Gasteiger partial charge in [0.25, 0.3) is 0 Å². The summed E-state index contributed by atoms with van der Waals surface area (Å²) in [4.78, 5) is 11.1. The second kappa shape index (κ2) is 10.6. The van der Waals surface area contributed by atoms with Crippen molar-refractivity contribution in [1.82, 2.24) is 5.32 Å². The number of hydrogen-bond acceptors (Lipinski definition) is 3. The average Bonchev–Trinajstić information content (AvgIpc) is 2.43. The Balaban J connectivity index is 1.88.